The van der Waals surface area contributed by atoms with Crippen molar-refractivity contribution < 1.29 is 28.6 Å². The van der Waals surface area contributed by atoms with E-state index < -0.39 is 23.7 Å². The van der Waals surface area contributed by atoms with E-state index in [1.807, 2.05) is 12.1 Å². The molecule has 3 aliphatic rings. The number of hydrogen-bond donors (Lipinski definition) is 4. The summed E-state index contributed by atoms with van der Waals surface area (Å²) in [6.45, 7) is 0.708. The summed E-state index contributed by atoms with van der Waals surface area (Å²) in [6, 6.07) is 9.84. The predicted molar refractivity (Wildman–Crippen MR) is 114 cm³/mol. The van der Waals surface area contributed by atoms with Crippen LogP contribution in [0.3, 0.4) is 0 Å². The molecule has 3 aliphatic heterocycles. The van der Waals surface area contributed by atoms with Crippen molar-refractivity contribution in [3.8, 4) is 5.75 Å². The van der Waals surface area contributed by atoms with Crippen molar-refractivity contribution in [1.29, 1.82) is 0 Å². The Hall–Kier alpha value is -3.89. The van der Waals surface area contributed by atoms with Gasteiger partial charge in [-0.15, -0.1) is 0 Å². The number of urea groups is 1. The van der Waals surface area contributed by atoms with E-state index in [-0.39, 0.29) is 18.2 Å². The van der Waals surface area contributed by atoms with Crippen molar-refractivity contribution >= 4 is 28.8 Å². The lowest BCUT2D eigenvalue weighted by atomic mass is 9.94. The SMILES string of the molecule is COc1ccc2c(c1)C(O)N(CC1(c3cc4c5c(ccc4o3)C(=O)NC5)NC(=O)NC1=O)C2. The first kappa shape index (κ1) is 19.8. The summed E-state index contributed by atoms with van der Waals surface area (Å²) in [5.74, 6) is 0.114. The molecule has 2 unspecified atom stereocenters. The standard InChI is InChI=1S/C23H20N4O6/c1-32-12-3-2-11-9-27(20(29)14(11)6-12)10-23(21(30)25-22(31)26-23)18-7-15-16-8-24-19(28)13(16)4-5-17(15)33-18/h2-7,20,29H,8-10H2,1H3,(H,24,28)(H2,25,26,30,31). The van der Waals surface area contributed by atoms with Gasteiger partial charge in [0, 0.05) is 36.1 Å². The first-order valence-electron chi connectivity index (χ1n) is 10.5. The van der Waals surface area contributed by atoms with Crippen LogP contribution in [0.5, 0.6) is 5.75 Å². The number of amides is 4. The fraction of sp³-hybridized carbons (Fsp3) is 0.261. The molecule has 1 saturated heterocycles. The third-order valence-electron chi connectivity index (χ3n) is 6.64. The van der Waals surface area contributed by atoms with Crippen LogP contribution in [0.1, 0.15) is 39.0 Å². The number of imide groups is 1. The van der Waals surface area contributed by atoms with Crippen LogP contribution in [0.15, 0.2) is 40.8 Å². The molecular formula is C23H20N4O6. The molecule has 10 heteroatoms. The van der Waals surface area contributed by atoms with Gasteiger partial charge in [-0.3, -0.25) is 19.8 Å². The maximum absolute atomic E-state index is 13.1. The maximum Gasteiger partial charge on any atom is 0.322 e. The summed E-state index contributed by atoms with van der Waals surface area (Å²) in [7, 11) is 1.55. The molecule has 168 valence electrons. The second kappa shape index (κ2) is 6.80. The van der Waals surface area contributed by atoms with E-state index in [1.165, 1.54) is 0 Å². The number of benzene rings is 2. The molecule has 0 saturated carbocycles. The second-order valence-corrected chi connectivity index (χ2v) is 8.45. The highest BCUT2D eigenvalue weighted by Crippen LogP contribution is 2.39. The van der Waals surface area contributed by atoms with E-state index in [0.29, 0.717) is 40.9 Å². The lowest BCUT2D eigenvalue weighted by molar-refractivity contribution is -0.127. The van der Waals surface area contributed by atoms with Crippen LogP contribution >= 0.6 is 0 Å². The van der Waals surface area contributed by atoms with Crippen LogP contribution in [0, 0.1) is 0 Å². The van der Waals surface area contributed by atoms with E-state index in [9.17, 15) is 19.5 Å². The molecule has 2 aromatic carbocycles. The van der Waals surface area contributed by atoms with Gasteiger partial charge < -0.3 is 24.9 Å². The molecular weight excluding hydrogens is 428 g/mol. The Bertz CT molecular complexity index is 1360. The number of nitrogens with one attached hydrogen (secondary N) is 3. The van der Waals surface area contributed by atoms with Crippen molar-refractivity contribution in [3.63, 3.8) is 0 Å². The molecule has 10 nitrogen and oxygen atoms in total. The summed E-state index contributed by atoms with van der Waals surface area (Å²) in [5.41, 5.74) is 1.88. The van der Waals surface area contributed by atoms with Gasteiger partial charge in [0.15, 0.2) is 5.54 Å². The molecule has 6 rings (SSSR count). The minimum Gasteiger partial charge on any atom is -0.497 e. The van der Waals surface area contributed by atoms with Gasteiger partial charge in [-0.1, -0.05) is 6.07 Å². The van der Waals surface area contributed by atoms with Crippen molar-refractivity contribution in [3.05, 3.63) is 64.4 Å². The number of carbonyl (C=O) groups excluding carboxylic acids is 3. The van der Waals surface area contributed by atoms with Crippen LogP contribution in [-0.2, 0) is 23.4 Å². The van der Waals surface area contributed by atoms with Gasteiger partial charge in [0.1, 0.15) is 23.3 Å². The van der Waals surface area contributed by atoms with E-state index in [4.69, 9.17) is 9.15 Å². The number of fused-ring (bicyclic) bond motifs is 4. The molecule has 0 aliphatic carbocycles. The molecule has 0 bridgehead atoms. The zero-order chi connectivity index (χ0) is 22.9. The highest BCUT2D eigenvalue weighted by molar-refractivity contribution is 6.08. The molecule has 4 N–H and O–H groups in total. The van der Waals surface area contributed by atoms with Crippen LogP contribution < -0.4 is 20.7 Å². The first-order chi connectivity index (χ1) is 15.9. The maximum atomic E-state index is 13.1. The quantitative estimate of drug-likeness (QED) is 0.441. The lowest BCUT2D eigenvalue weighted by Gasteiger charge is -2.30. The van der Waals surface area contributed by atoms with Crippen LogP contribution in [0.2, 0.25) is 0 Å². The monoisotopic (exact) mass is 448 g/mol. The minimum atomic E-state index is -1.55. The number of furan rings is 1. The number of carbonyl (C=O) groups is 3. The molecule has 4 amide bonds. The summed E-state index contributed by atoms with van der Waals surface area (Å²) < 4.78 is 11.3. The van der Waals surface area contributed by atoms with Crippen molar-refractivity contribution in [2.24, 2.45) is 0 Å². The number of methoxy groups -OCH3 is 1. The Morgan fingerprint density at radius 3 is 2.82 bits per heavy atom. The highest BCUT2D eigenvalue weighted by atomic mass is 16.5. The molecule has 3 aromatic rings. The summed E-state index contributed by atoms with van der Waals surface area (Å²) >= 11 is 0. The number of aliphatic hydroxyl groups is 1. The molecule has 2 atom stereocenters. The number of hydrogen-bond acceptors (Lipinski definition) is 7. The normalized spacial score (nSPS) is 23.9. The topological polar surface area (TPSA) is 133 Å². The molecule has 1 aromatic heterocycles. The smallest absolute Gasteiger partial charge is 0.322 e. The minimum absolute atomic E-state index is 0.0259. The Labute approximate surface area is 187 Å². The number of aliphatic hydroxyl groups excluding tert-OH is 1. The highest BCUT2D eigenvalue weighted by Gasteiger charge is 2.53. The third-order valence-corrected chi connectivity index (χ3v) is 6.64. The lowest BCUT2D eigenvalue weighted by Crippen LogP contribution is -2.52. The van der Waals surface area contributed by atoms with Gasteiger partial charge in [-0.2, -0.15) is 0 Å². The zero-order valence-electron chi connectivity index (χ0n) is 17.6. The number of rotatable bonds is 4. The van der Waals surface area contributed by atoms with Gasteiger partial charge in [0.05, 0.1) is 7.11 Å². The molecule has 0 radical (unpaired) electrons. The average Bonchev–Trinajstić information content (AvgIpc) is 3.54. The van der Waals surface area contributed by atoms with E-state index in [1.54, 1.807) is 36.3 Å². The van der Waals surface area contributed by atoms with E-state index in [2.05, 4.69) is 16.0 Å². The van der Waals surface area contributed by atoms with Crippen LogP contribution in [0.25, 0.3) is 11.0 Å². The molecule has 1 fully saturated rings. The Morgan fingerprint density at radius 2 is 2.06 bits per heavy atom. The van der Waals surface area contributed by atoms with E-state index in [0.717, 1.165) is 11.1 Å². The average molecular weight is 448 g/mol. The van der Waals surface area contributed by atoms with Gasteiger partial charge in [0.2, 0.25) is 0 Å². The predicted octanol–water partition coefficient (Wildman–Crippen LogP) is 1.23. The van der Waals surface area contributed by atoms with Gasteiger partial charge >= 0.3 is 6.03 Å². The van der Waals surface area contributed by atoms with Gasteiger partial charge in [-0.25, -0.2) is 4.79 Å². The van der Waals surface area contributed by atoms with Crippen molar-refractivity contribution in [2.75, 3.05) is 13.7 Å². The Balaban J connectivity index is 1.42. The van der Waals surface area contributed by atoms with Crippen molar-refractivity contribution in [2.45, 2.75) is 24.9 Å². The fourth-order valence-electron chi connectivity index (χ4n) is 4.93. The van der Waals surface area contributed by atoms with Gasteiger partial charge in [-0.05, 0) is 41.5 Å². The third kappa shape index (κ3) is 2.77. The first-order valence-corrected chi connectivity index (χ1v) is 10.5. The zero-order valence-corrected chi connectivity index (χ0v) is 17.6. The van der Waals surface area contributed by atoms with Crippen LogP contribution in [0.4, 0.5) is 4.79 Å². The molecule has 4 heterocycles. The number of nitrogens with zero attached hydrogens (tertiary/aromatic N) is 1. The second-order valence-electron chi connectivity index (χ2n) is 8.45. The molecule has 33 heavy (non-hydrogen) atoms. The summed E-state index contributed by atoms with van der Waals surface area (Å²) in [6.07, 6.45) is -0.993. The Kier molecular flexibility index (Phi) is 4.08. The Morgan fingerprint density at radius 1 is 1.21 bits per heavy atom. The van der Waals surface area contributed by atoms with Gasteiger partial charge in [0.25, 0.3) is 11.8 Å². The molecule has 0 spiro atoms. The van der Waals surface area contributed by atoms with Crippen LogP contribution in [-0.4, -0.2) is 41.5 Å². The largest absolute Gasteiger partial charge is 0.497 e. The summed E-state index contributed by atoms with van der Waals surface area (Å²) in [4.78, 5) is 39.0. The van der Waals surface area contributed by atoms with E-state index >= 15 is 0 Å². The van der Waals surface area contributed by atoms with Crippen molar-refractivity contribution in [1.82, 2.24) is 20.9 Å². The number of ether oxygens (including phenoxy) is 1. The summed E-state index contributed by atoms with van der Waals surface area (Å²) in [5, 5.41) is 19.5. The fourth-order valence-corrected chi connectivity index (χ4v) is 4.93.